The predicted molar refractivity (Wildman–Crippen MR) is 78.7 cm³/mol. The molecule has 2 rings (SSSR count). The Kier molecular flexibility index (Phi) is 3.29. The second-order valence-electron chi connectivity index (χ2n) is 6.20. The van der Waals surface area contributed by atoms with Crippen LogP contribution in [0.1, 0.15) is 53.6 Å². The minimum Gasteiger partial charge on any atom is -0.478 e. The molecule has 0 unspecified atom stereocenters. The van der Waals surface area contributed by atoms with Crippen molar-refractivity contribution >= 4 is 12.0 Å². The van der Waals surface area contributed by atoms with Crippen LogP contribution in [0, 0.1) is 20.8 Å². The zero-order chi connectivity index (χ0) is 14.4. The van der Waals surface area contributed by atoms with E-state index in [1.807, 2.05) is 0 Å². The van der Waals surface area contributed by atoms with Gasteiger partial charge in [-0.3, -0.25) is 0 Å². The summed E-state index contributed by atoms with van der Waals surface area (Å²) in [5, 5.41) is 8.82. The molecule has 2 nitrogen and oxygen atoms in total. The number of carboxylic acid groups (broad SMARTS) is 1. The Morgan fingerprint density at radius 1 is 1.16 bits per heavy atom. The minimum atomic E-state index is -0.891. The van der Waals surface area contributed by atoms with Gasteiger partial charge in [0.15, 0.2) is 0 Å². The molecule has 0 aliphatic heterocycles. The Hall–Kier alpha value is -1.57. The van der Waals surface area contributed by atoms with Gasteiger partial charge in [0, 0.05) is 6.08 Å². The summed E-state index contributed by atoms with van der Waals surface area (Å²) in [6.45, 7) is 11.0. The third-order valence-corrected chi connectivity index (χ3v) is 4.57. The largest absolute Gasteiger partial charge is 0.478 e. The summed E-state index contributed by atoms with van der Waals surface area (Å²) in [4.78, 5) is 10.7. The van der Waals surface area contributed by atoms with E-state index in [0.717, 1.165) is 12.0 Å². The van der Waals surface area contributed by atoms with Crippen LogP contribution in [0.4, 0.5) is 0 Å². The van der Waals surface area contributed by atoms with Crippen LogP contribution in [0.3, 0.4) is 0 Å². The first-order chi connectivity index (χ1) is 8.75. The van der Waals surface area contributed by atoms with Crippen LogP contribution in [0.5, 0.6) is 0 Å². The van der Waals surface area contributed by atoms with Crippen molar-refractivity contribution in [3.8, 4) is 0 Å². The van der Waals surface area contributed by atoms with Crippen LogP contribution < -0.4 is 0 Å². The second-order valence-corrected chi connectivity index (χ2v) is 6.20. The third kappa shape index (κ3) is 2.20. The van der Waals surface area contributed by atoms with Crippen molar-refractivity contribution in [2.75, 3.05) is 0 Å². The first kappa shape index (κ1) is 13.9. The Bertz CT molecular complexity index is 578. The van der Waals surface area contributed by atoms with Crippen LogP contribution >= 0.6 is 0 Å². The van der Waals surface area contributed by atoms with E-state index in [1.54, 1.807) is 6.08 Å². The van der Waals surface area contributed by atoms with Crippen molar-refractivity contribution < 1.29 is 9.90 Å². The molecule has 0 saturated heterocycles. The molecule has 1 aromatic rings. The fourth-order valence-corrected chi connectivity index (χ4v) is 3.44. The Morgan fingerprint density at radius 3 is 2.37 bits per heavy atom. The number of hydrogen-bond acceptors (Lipinski definition) is 1. The van der Waals surface area contributed by atoms with E-state index in [-0.39, 0.29) is 5.41 Å². The number of carbonyl (C=O) groups is 1. The molecule has 0 aromatic heterocycles. The van der Waals surface area contributed by atoms with Crippen molar-refractivity contribution in [1.82, 2.24) is 0 Å². The molecule has 2 heteroatoms. The molecular weight excluding hydrogens is 236 g/mol. The van der Waals surface area contributed by atoms with E-state index in [1.165, 1.54) is 40.3 Å². The Balaban J connectivity index is 2.69. The van der Waals surface area contributed by atoms with Gasteiger partial charge in [0.05, 0.1) is 0 Å². The number of carboxylic acids is 1. The highest BCUT2D eigenvalue weighted by atomic mass is 16.4. The molecule has 102 valence electrons. The lowest BCUT2D eigenvalue weighted by Crippen LogP contribution is -2.15. The first-order valence-electron chi connectivity index (χ1n) is 6.80. The molecule has 0 radical (unpaired) electrons. The highest BCUT2D eigenvalue weighted by Crippen LogP contribution is 2.44. The molecule has 0 atom stereocenters. The van der Waals surface area contributed by atoms with E-state index in [0.29, 0.717) is 0 Å². The molecule has 0 heterocycles. The van der Waals surface area contributed by atoms with Gasteiger partial charge in [-0.15, -0.1) is 0 Å². The summed E-state index contributed by atoms with van der Waals surface area (Å²) >= 11 is 0. The zero-order valence-electron chi connectivity index (χ0n) is 12.4. The van der Waals surface area contributed by atoms with Gasteiger partial charge in [0.1, 0.15) is 0 Å². The van der Waals surface area contributed by atoms with Gasteiger partial charge in [0.25, 0.3) is 0 Å². The maximum absolute atomic E-state index is 10.7. The van der Waals surface area contributed by atoms with E-state index in [9.17, 15) is 4.79 Å². The monoisotopic (exact) mass is 258 g/mol. The second kappa shape index (κ2) is 4.52. The molecule has 0 bridgehead atoms. The molecule has 0 fully saturated rings. The van der Waals surface area contributed by atoms with E-state index in [4.69, 9.17) is 5.11 Å². The summed E-state index contributed by atoms with van der Waals surface area (Å²) in [5.41, 5.74) is 8.02. The van der Waals surface area contributed by atoms with Gasteiger partial charge < -0.3 is 5.11 Å². The lowest BCUT2D eigenvalue weighted by molar-refractivity contribution is -0.131. The van der Waals surface area contributed by atoms with Gasteiger partial charge in [-0.2, -0.15) is 0 Å². The van der Waals surface area contributed by atoms with Crippen LogP contribution in [0.25, 0.3) is 6.08 Å². The number of benzene rings is 1. The summed E-state index contributed by atoms with van der Waals surface area (Å²) in [6, 6.07) is 0. The summed E-state index contributed by atoms with van der Waals surface area (Å²) in [6.07, 6.45) is 5.26. The minimum absolute atomic E-state index is 0.240. The maximum Gasteiger partial charge on any atom is 0.328 e. The number of fused-ring (bicyclic) bond motifs is 1. The number of aliphatic carboxylic acids is 1. The SMILES string of the molecule is Cc1c(C)c2c(c(C)c1C=CC(=O)O)CCC2(C)C. The van der Waals surface area contributed by atoms with E-state index in [2.05, 4.69) is 34.6 Å². The molecule has 0 saturated carbocycles. The normalized spacial score (nSPS) is 16.9. The van der Waals surface area contributed by atoms with Crippen molar-refractivity contribution in [2.24, 2.45) is 0 Å². The molecule has 1 aromatic carbocycles. The quantitative estimate of drug-likeness (QED) is 0.816. The molecule has 0 amide bonds. The molecule has 1 aliphatic carbocycles. The molecular formula is C17H22O2. The Labute approximate surface area is 115 Å². The number of hydrogen-bond donors (Lipinski definition) is 1. The molecule has 1 N–H and O–H groups in total. The van der Waals surface area contributed by atoms with Crippen molar-refractivity contribution in [2.45, 2.75) is 52.9 Å². The number of rotatable bonds is 2. The summed E-state index contributed by atoms with van der Waals surface area (Å²) in [5.74, 6) is -0.891. The fourth-order valence-electron chi connectivity index (χ4n) is 3.44. The highest BCUT2D eigenvalue weighted by Gasteiger charge is 2.33. The average molecular weight is 258 g/mol. The standard InChI is InChI=1S/C17H22O2/c1-10-11(2)16-14(8-9-17(16,4)5)12(3)13(10)6-7-15(18)19/h6-7H,8-9H2,1-5H3,(H,18,19). The van der Waals surface area contributed by atoms with Gasteiger partial charge in [-0.1, -0.05) is 13.8 Å². The third-order valence-electron chi connectivity index (χ3n) is 4.57. The van der Waals surface area contributed by atoms with Gasteiger partial charge in [-0.25, -0.2) is 4.79 Å². The Morgan fingerprint density at radius 2 is 1.79 bits per heavy atom. The highest BCUT2D eigenvalue weighted by molar-refractivity contribution is 5.86. The fraction of sp³-hybridized carbons (Fsp3) is 0.471. The topological polar surface area (TPSA) is 37.3 Å². The lowest BCUT2D eigenvalue weighted by atomic mass is 9.80. The van der Waals surface area contributed by atoms with Crippen LogP contribution in [0.2, 0.25) is 0 Å². The van der Waals surface area contributed by atoms with Crippen molar-refractivity contribution in [3.63, 3.8) is 0 Å². The van der Waals surface area contributed by atoms with Crippen LogP contribution in [0.15, 0.2) is 6.08 Å². The smallest absolute Gasteiger partial charge is 0.328 e. The van der Waals surface area contributed by atoms with Crippen LogP contribution in [-0.4, -0.2) is 11.1 Å². The summed E-state index contributed by atoms with van der Waals surface area (Å²) in [7, 11) is 0. The first-order valence-corrected chi connectivity index (χ1v) is 6.80. The summed E-state index contributed by atoms with van der Waals surface area (Å²) < 4.78 is 0. The lowest BCUT2D eigenvalue weighted by Gasteiger charge is -2.24. The molecule has 1 aliphatic rings. The predicted octanol–water partition coefficient (Wildman–Crippen LogP) is 3.93. The van der Waals surface area contributed by atoms with Gasteiger partial charge in [-0.05, 0) is 78.5 Å². The van der Waals surface area contributed by atoms with Crippen molar-refractivity contribution in [1.29, 1.82) is 0 Å². The maximum atomic E-state index is 10.7. The molecule has 0 spiro atoms. The molecule has 19 heavy (non-hydrogen) atoms. The zero-order valence-corrected chi connectivity index (χ0v) is 12.4. The average Bonchev–Trinajstić information content (AvgIpc) is 2.62. The van der Waals surface area contributed by atoms with Crippen molar-refractivity contribution in [3.05, 3.63) is 39.5 Å². The van der Waals surface area contributed by atoms with E-state index >= 15 is 0 Å². The van der Waals surface area contributed by atoms with E-state index < -0.39 is 5.97 Å². The van der Waals surface area contributed by atoms with Gasteiger partial charge >= 0.3 is 5.97 Å². The van der Waals surface area contributed by atoms with Gasteiger partial charge in [0.2, 0.25) is 0 Å². The van der Waals surface area contributed by atoms with Crippen LogP contribution in [-0.2, 0) is 16.6 Å².